The van der Waals surface area contributed by atoms with Gasteiger partial charge in [-0.2, -0.15) is 4.31 Å². The van der Waals surface area contributed by atoms with E-state index >= 15 is 0 Å². The first-order valence-electron chi connectivity index (χ1n) is 6.47. The van der Waals surface area contributed by atoms with Crippen molar-refractivity contribution in [1.29, 1.82) is 0 Å². The fourth-order valence-corrected chi connectivity index (χ4v) is 3.69. The van der Waals surface area contributed by atoms with Crippen molar-refractivity contribution in [2.24, 2.45) is 0 Å². The predicted molar refractivity (Wildman–Crippen MR) is 75.8 cm³/mol. The number of sulfonamides is 1. The van der Waals surface area contributed by atoms with Crippen LogP contribution >= 0.6 is 0 Å². The van der Waals surface area contributed by atoms with Crippen LogP contribution in [0.3, 0.4) is 0 Å². The molecule has 0 saturated carbocycles. The molecule has 0 aliphatic heterocycles. The van der Waals surface area contributed by atoms with Crippen LogP contribution in [0.15, 0.2) is 29.2 Å². The van der Waals surface area contributed by atoms with E-state index in [2.05, 4.69) is 0 Å². The van der Waals surface area contributed by atoms with E-state index in [-0.39, 0.29) is 16.7 Å². The summed E-state index contributed by atoms with van der Waals surface area (Å²) in [6.45, 7) is 7.50. The van der Waals surface area contributed by atoms with Gasteiger partial charge in [0.2, 0.25) is 10.0 Å². The van der Waals surface area contributed by atoms with Crippen LogP contribution in [-0.4, -0.2) is 31.1 Å². The highest BCUT2D eigenvalue weighted by molar-refractivity contribution is 7.89. The second-order valence-electron chi connectivity index (χ2n) is 4.55. The van der Waals surface area contributed by atoms with Gasteiger partial charge >= 0.3 is 0 Å². The van der Waals surface area contributed by atoms with Crippen molar-refractivity contribution in [2.75, 3.05) is 6.54 Å². The summed E-state index contributed by atoms with van der Waals surface area (Å²) in [5.41, 5.74) is 0.418. The summed E-state index contributed by atoms with van der Waals surface area (Å²) in [6.07, 6.45) is 0.749. The molecule has 106 valence electrons. The molecule has 0 aliphatic rings. The molecular weight excluding hydrogens is 262 g/mol. The maximum atomic E-state index is 12.6. The molecule has 5 heteroatoms. The molecule has 1 aromatic rings. The van der Waals surface area contributed by atoms with Gasteiger partial charge in [-0.25, -0.2) is 8.42 Å². The van der Waals surface area contributed by atoms with Gasteiger partial charge in [0.15, 0.2) is 5.78 Å². The van der Waals surface area contributed by atoms with Gasteiger partial charge < -0.3 is 0 Å². The van der Waals surface area contributed by atoms with Crippen LogP contribution in [0.4, 0.5) is 0 Å². The second-order valence-corrected chi connectivity index (χ2v) is 6.44. The Morgan fingerprint density at radius 3 is 2.42 bits per heavy atom. The van der Waals surface area contributed by atoms with Crippen molar-refractivity contribution in [1.82, 2.24) is 4.31 Å². The maximum Gasteiger partial charge on any atom is 0.243 e. The Kier molecular flexibility index (Phi) is 5.26. The first-order valence-corrected chi connectivity index (χ1v) is 7.91. The Balaban J connectivity index is 3.26. The van der Waals surface area contributed by atoms with Crippen molar-refractivity contribution in [2.45, 2.75) is 45.1 Å². The molecule has 0 radical (unpaired) electrons. The number of nitrogens with zero attached hydrogens (tertiary/aromatic N) is 1. The molecule has 0 bridgehead atoms. The van der Waals surface area contributed by atoms with Gasteiger partial charge in [-0.05, 0) is 32.4 Å². The second kappa shape index (κ2) is 6.30. The normalized spacial score (nSPS) is 13.5. The minimum atomic E-state index is -3.54. The topological polar surface area (TPSA) is 54.5 Å². The van der Waals surface area contributed by atoms with Crippen molar-refractivity contribution in [3.63, 3.8) is 0 Å². The van der Waals surface area contributed by atoms with Crippen LogP contribution in [0.25, 0.3) is 0 Å². The molecule has 4 nitrogen and oxygen atoms in total. The Morgan fingerprint density at radius 1 is 1.32 bits per heavy atom. The Morgan fingerprint density at radius 2 is 1.95 bits per heavy atom. The number of Topliss-reactive ketones (excluding diaryl/α,β-unsaturated/α-hetero) is 1. The van der Waals surface area contributed by atoms with Crippen LogP contribution in [0, 0.1) is 0 Å². The van der Waals surface area contributed by atoms with E-state index in [4.69, 9.17) is 0 Å². The number of carbonyl (C=O) groups excluding carboxylic acids is 1. The molecule has 0 fully saturated rings. The summed E-state index contributed by atoms with van der Waals surface area (Å²) in [6, 6.07) is 6.15. The Labute approximate surface area is 115 Å². The third-order valence-electron chi connectivity index (χ3n) is 3.24. The van der Waals surface area contributed by atoms with Gasteiger partial charge in [0.05, 0.1) is 4.90 Å². The molecule has 19 heavy (non-hydrogen) atoms. The quantitative estimate of drug-likeness (QED) is 0.754. The molecule has 1 unspecified atom stereocenters. The Bertz CT molecular complexity index is 552. The maximum absolute atomic E-state index is 12.6. The first-order chi connectivity index (χ1) is 8.84. The smallest absolute Gasteiger partial charge is 0.243 e. The van der Waals surface area contributed by atoms with Crippen LogP contribution in [0.1, 0.15) is 44.5 Å². The highest BCUT2D eigenvalue weighted by Gasteiger charge is 2.27. The summed E-state index contributed by atoms with van der Waals surface area (Å²) in [5.74, 6) is -0.136. The zero-order chi connectivity index (χ0) is 14.6. The number of ketones is 1. The van der Waals surface area contributed by atoms with E-state index in [1.807, 2.05) is 20.8 Å². The summed E-state index contributed by atoms with van der Waals surface area (Å²) in [7, 11) is -3.54. The molecule has 0 aromatic heterocycles. The molecule has 1 rings (SSSR count). The standard InChI is InChI=1S/C14H21NO3S/c1-5-11(3)15(6-2)19(17,18)14-9-7-8-13(10-14)12(4)16/h7-11H,5-6H2,1-4H3. The van der Waals surface area contributed by atoms with Gasteiger partial charge in [0.25, 0.3) is 0 Å². The first kappa shape index (κ1) is 15.9. The van der Waals surface area contributed by atoms with Crippen LogP contribution in [-0.2, 0) is 10.0 Å². The minimum absolute atomic E-state index is 0.0593. The number of carbonyl (C=O) groups is 1. The van der Waals surface area contributed by atoms with Crippen LogP contribution in [0.2, 0.25) is 0 Å². The molecule has 0 spiro atoms. The fraction of sp³-hybridized carbons (Fsp3) is 0.500. The lowest BCUT2D eigenvalue weighted by Crippen LogP contribution is -2.38. The minimum Gasteiger partial charge on any atom is -0.295 e. The number of hydrogen-bond donors (Lipinski definition) is 0. The predicted octanol–water partition coefficient (Wildman–Crippen LogP) is 2.70. The van der Waals surface area contributed by atoms with Crippen LogP contribution < -0.4 is 0 Å². The van der Waals surface area contributed by atoms with Gasteiger partial charge in [0.1, 0.15) is 0 Å². The van der Waals surface area contributed by atoms with E-state index in [1.54, 1.807) is 12.1 Å². The fourth-order valence-electron chi connectivity index (χ4n) is 1.93. The van der Waals surface area contributed by atoms with Crippen LogP contribution in [0.5, 0.6) is 0 Å². The van der Waals surface area contributed by atoms with Gasteiger partial charge in [-0.3, -0.25) is 4.79 Å². The monoisotopic (exact) mass is 283 g/mol. The van der Waals surface area contributed by atoms with Gasteiger partial charge in [0, 0.05) is 18.2 Å². The van der Waals surface area contributed by atoms with Gasteiger partial charge in [-0.1, -0.05) is 26.0 Å². The van der Waals surface area contributed by atoms with Gasteiger partial charge in [-0.15, -0.1) is 0 Å². The van der Waals surface area contributed by atoms with E-state index in [0.717, 1.165) is 6.42 Å². The third-order valence-corrected chi connectivity index (χ3v) is 5.33. The lowest BCUT2D eigenvalue weighted by atomic mass is 10.2. The van der Waals surface area contributed by atoms with Crippen molar-refractivity contribution < 1.29 is 13.2 Å². The molecule has 0 heterocycles. The Hall–Kier alpha value is -1.20. The zero-order valence-electron chi connectivity index (χ0n) is 11.9. The number of rotatable bonds is 6. The highest BCUT2D eigenvalue weighted by atomic mass is 32.2. The lowest BCUT2D eigenvalue weighted by molar-refractivity contribution is 0.101. The summed E-state index contributed by atoms with van der Waals surface area (Å²) >= 11 is 0. The van der Waals surface area contributed by atoms with Crippen molar-refractivity contribution >= 4 is 15.8 Å². The molecule has 0 aliphatic carbocycles. The molecule has 0 N–H and O–H groups in total. The summed E-state index contributed by atoms with van der Waals surface area (Å²) in [5, 5.41) is 0. The summed E-state index contributed by atoms with van der Waals surface area (Å²) in [4.78, 5) is 11.5. The third kappa shape index (κ3) is 3.42. The number of hydrogen-bond acceptors (Lipinski definition) is 3. The molecular formula is C14H21NO3S. The average Bonchev–Trinajstić information content (AvgIpc) is 2.39. The largest absolute Gasteiger partial charge is 0.295 e. The van der Waals surface area contributed by atoms with E-state index in [1.165, 1.54) is 23.4 Å². The number of benzene rings is 1. The summed E-state index contributed by atoms with van der Waals surface area (Å²) < 4.78 is 26.6. The lowest BCUT2D eigenvalue weighted by Gasteiger charge is -2.26. The molecule has 0 saturated heterocycles. The SMILES string of the molecule is CCC(C)N(CC)S(=O)(=O)c1cccc(C(C)=O)c1. The zero-order valence-corrected chi connectivity index (χ0v) is 12.7. The molecule has 1 aromatic carbocycles. The molecule has 0 amide bonds. The van der Waals surface area contributed by atoms with Crippen molar-refractivity contribution in [3.8, 4) is 0 Å². The van der Waals surface area contributed by atoms with E-state index < -0.39 is 10.0 Å². The molecule has 1 atom stereocenters. The average molecular weight is 283 g/mol. The highest BCUT2D eigenvalue weighted by Crippen LogP contribution is 2.20. The van der Waals surface area contributed by atoms with Crippen molar-refractivity contribution in [3.05, 3.63) is 29.8 Å². The van der Waals surface area contributed by atoms with E-state index in [0.29, 0.717) is 12.1 Å². The van der Waals surface area contributed by atoms with E-state index in [9.17, 15) is 13.2 Å².